The van der Waals surface area contributed by atoms with Gasteiger partial charge < -0.3 is 10.6 Å². The maximum atomic E-state index is 5.24. The molecule has 5 heteroatoms. The Morgan fingerprint density at radius 3 is 2.60 bits per heavy atom. The number of thiocarbonyl (C=S) groups is 1. The lowest BCUT2D eigenvalue weighted by molar-refractivity contribution is -0.361. The van der Waals surface area contributed by atoms with Gasteiger partial charge in [-0.05, 0) is 37.3 Å². The molecule has 0 fully saturated rings. The Kier molecular flexibility index (Phi) is 5.32. The Balaban J connectivity index is 1.66. The van der Waals surface area contributed by atoms with Crippen molar-refractivity contribution in [3.05, 3.63) is 54.2 Å². The molecule has 2 rings (SSSR count). The molecule has 0 radical (unpaired) electrons. The number of nitrogens with one attached hydrogen (secondary N) is 4. The van der Waals surface area contributed by atoms with Crippen molar-refractivity contribution >= 4 is 28.8 Å². The molecule has 0 bridgehead atoms. The molecule has 2 aromatic rings. The van der Waals surface area contributed by atoms with Gasteiger partial charge in [0, 0.05) is 11.8 Å². The maximum absolute atomic E-state index is 5.24. The lowest BCUT2D eigenvalue weighted by Crippen LogP contribution is -2.33. The highest BCUT2D eigenvalue weighted by Crippen LogP contribution is 2.07. The second-order valence-corrected chi connectivity index (χ2v) is 4.86. The second kappa shape index (κ2) is 7.45. The van der Waals surface area contributed by atoms with E-state index in [9.17, 15) is 0 Å². The summed E-state index contributed by atoms with van der Waals surface area (Å²) in [5.41, 5.74) is 2.23. The molecule has 20 heavy (non-hydrogen) atoms. The van der Waals surface area contributed by atoms with Crippen molar-refractivity contribution < 1.29 is 4.98 Å². The van der Waals surface area contributed by atoms with Crippen molar-refractivity contribution in [1.29, 1.82) is 0 Å². The summed E-state index contributed by atoms with van der Waals surface area (Å²) in [5, 5.41) is 10.2. The molecule has 0 aliphatic rings. The number of benzene rings is 1. The Bertz CT molecular complexity index is 540. The van der Waals surface area contributed by atoms with Gasteiger partial charge in [0.25, 0.3) is 5.82 Å². The third-order valence-electron chi connectivity index (χ3n) is 2.74. The van der Waals surface area contributed by atoms with Crippen molar-refractivity contribution in [3.63, 3.8) is 0 Å². The van der Waals surface area contributed by atoms with Gasteiger partial charge in [0.05, 0.1) is 12.7 Å². The van der Waals surface area contributed by atoms with Crippen molar-refractivity contribution in [2.45, 2.75) is 6.92 Å². The van der Waals surface area contributed by atoms with Gasteiger partial charge in [0.15, 0.2) is 5.11 Å². The van der Waals surface area contributed by atoms with E-state index < -0.39 is 0 Å². The van der Waals surface area contributed by atoms with Gasteiger partial charge in [0.1, 0.15) is 6.54 Å². The average Bonchev–Trinajstić information content (AvgIpc) is 2.47. The summed E-state index contributed by atoms with van der Waals surface area (Å²) >= 11 is 5.24. The van der Waals surface area contributed by atoms with Gasteiger partial charge >= 0.3 is 0 Å². The number of hydrogen-bond donors (Lipinski definition) is 3. The maximum Gasteiger partial charge on any atom is 0.272 e. The Labute approximate surface area is 124 Å². The molecule has 4 N–H and O–H groups in total. The van der Waals surface area contributed by atoms with E-state index in [1.165, 1.54) is 5.56 Å². The van der Waals surface area contributed by atoms with Crippen LogP contribution in [0.4, 0.5) is 11.5 Å². The van der Waals surface area contributed by atoms with Crippen LogP contribution in [-0.2, 0) is 0 Å². The monoisotopic (exact) mass is 287 g/mol. The predicted octanol–water partition coefficient (Wildman–Crippen LogP) is 2.21. The molecular weight excluding hydrogens is 268 g/mol. The Morgan fingerprint density at radius 1 is 1.10 bits per heavy atom. The minimum absolute atomic E-state index is 0.632. The lowest BCUT2D eigenvalue weighted by Gasteiger charge is -2.09. The van der Waals surface area contributed by atoms with Crippen LogP contribution >= 0.6 is 12.2 Å². The highest BCUT2D eigenvalue weighted by Gasteiger charge is 2.00. The summed E-state index contributed by atoms with van der Waals surface area (Å²) in [6.07, 6.45) is 1.89. The van der Waals surface area contributed by atoms with E-state index in [4.69, 9.17) is 12.2 Å². The zero-order valence-electron chi connectivity index (χ0n) is 11.4. The fourth-order valence-electron chi connectivity index (χ4n) is 1.69. The van der Waals surface area contributed by atoms with Gasteiger partial charge in [-0.15, -0.1) is 0 Å². The molecule has 0 spiro atoms. The fourth-order valence-corrected chi connectivity index (χ4v) is 1.91. The van der Waals surface area contributed by atoms with E-state index >= 15 is 0 Å². The van der Waals surface area contributed by atoms with Crippen molar-refractivity contribution in [3.8, 4) is 0 Å². The molecular formula is C15H19N4S+. The van der Waals surface area contributed by atoms with Gasteiger partial charge in [-0.25, -0.2) is 4.98 Å². The molecule has 0 atom stereocenters. The third-order valence-corrected chi connectivity index (χ3v) is 2.99. The molecule has 4 nitrogen and oxygen atoms in total. The summed E-state index contributed by atoms with van der Waals surface area (Å²) in [6.45, 7) is 3.60. The first-order chi connectivity index (χ1) is 9.74. The van der Waals surface area contributed by atoms with Gasteiger partial charge in [-0.2, -0.15) is 0 Å². The molecule has 1 aromatic heterocycles. The van der Waals surface area contributed by atoms with Crippen LogP contribution in [0.5, 0.6) is 0 Å². The summed E-state index contributed by atoms with van der Waals surface area (Å²) in [5.74, 6) is 0.992. The first-order valence-electron chi connectivity index (χ1n) is 6.56. The van der Waals surface area contributed by atoms with E-state index in [0.29, 0.717) is 5.11 Å². The molecule has 0 aliphatic carbocycles. The average molecular weight is 287 g/mol. The SMILES string of the molecule is Cc1ccc(NC(=S)NCCNc2cccc[nH+]2)cc1. The van der Waals surface area contributed by atoms with E-state index in [2.05, 4.69) is 40.0 Å². The summed E-state index contributed by atoms with van der Waals surface area (Å²) in [6, 6.07) is 14.1. The standard InChI is InChI=1S/C15H18N4S/c1-12-5-7-13(8-6-12)19-15(20)18-11-10-17-14-4-2-3-9-16-14/h2-9H,10-11H2,1H3,(H,16,17)(H2,18,19,20)/p+1. The van der Waals surface area contributed by atoms with Crippen LogP contribution in [0, 0.1) is 6.92 Å². The normalized spacial score (nSPS) is 9.85. The van der Waals surface area contributed by atoms with Crippen molar-refractivity contribution in [2.24, 2.45) is 0 Å². The largest absolute Gasteiger partial charge is 0.359 e. The number of rotatable bonds is 5. The van der Waals surface area contributed by atoms with Gasteiger partial charge in [0.2, 0.25) is 0 Å². The molecule has 0 saturated carbocycles. The number of aromatic nitrogens is 1. The lowest BCUT2D eigenvalue weighted by atomic mass is 10.2. The van der Waals surface area contributed by atoms with Crippen LogP contribution in [0.2, 0.25) is 0 Å². The molecule has 0 aliphatic heterocycles. The van der Waals surface area contributed by atoms with Crippen LogP contribution in [-0.4, -0.2) is 18.2 Å². The number of aryl methyl sites for hydroxylation is 1. The highest BCUT2D eigenvalue weighted by atomic mass is 32.1. The van der Waals surface area contributed by atoms with E-state index in [1.807, 2.05) is 36.5 Å². The zero-order chi connectivity index (χ0) is 14.2. The number of H-pyrrole nitrogens is 1. The van der Waals surface area contributed by atoms with Crippen LogP contribution < -0.4 is 20.9 Å². The molecule has 1 aromatic carbocycles. The van der Waals surface area contributed by atoms with Crippen LogP contribution in [0.3, 0.4) is 0 Å². The smallest absolute Gasteiger partial charge is 0.272 e. The quantitative estimate of drug-likeness (QED) is 0.583. The van der Waals surface area contributed by atoms with Crippen LogP contribution in [0.1, 0.15) is 5.56 Å². The zero-order valence-corrected chi connectivity index (χ0v) is 12.3. The molecule has 0 saturated heterocycles. The predicted molar refractivity (Wildman–Crippen MR) is 86.9 cm³/mol. The Morgan fingerprint density at radius 2 is 1.90 bits per heavy atom. The number of anilines is 2. The number of hydrogen-bond acceptors (Lipinski definition) is 2. The van der Waals surface area contributed by atoms with E-state index in [-0.39, 0.29) is 0 Å². The van der Waals surface area contributed by atoms with Crippen LogP contribution in [0.15, 0.2) is 48.7 Å². The number of pyridine rings is 1. The Hall–Kier alpha value is -2.14. The van der Waals surface area contributed by atoms with Gasteiger partial charge in [-0.1, -0.05) is 23.8 Å². The van der Waals surface area contributed by atoms with Crippen LogP contribution in [0.25, 0.3) is 0 Å². The van der Waals surface area contributed by atoms with E-state index in [0.717, 1.165) is 24.6 Å². The number of aromatic amines is 1. The molecule has 104 valence electrons. The minimum atomic E-state index is 0.632. The second-order valence-electron chi connectivity index (χ2n) is 4.45. The fraction of sp³-hybridized carbons (Fsp3) is 0.200. The molecule has 0 unspecified atom stereocenters. The molecule has 1 heterocycles. The first kappa shape index (κ1) is 14.3. The highest BCUT2D eigenvalue weighted by molar-refractivity contribution is 7.80. The van der Waals surface area contributed by atoms with E-state index in [1.54, 1.807) is 0 Å². The third kappa shape index (κ3) is 4.85. The van der Waals surface area contributed by atoms with Crippen molar-refractivity contribution in [1.82, 2.24) is 5.32 Å². The topological polar surface area (TPSA) is 50.2 Å². The van der Waals surface area contributed by atoms with Gasteiger partial charge in [-0.3, -0.25) is 5.32 Å². The minimum Gasteiger partial charge on any atom is -0.359 e. The summed E-state index contributed by atoms with van der Waals surface area (Å²) in [4.78, 5) is 3.11. The summed E-state index contributed by atoms with van der Waals surface area (Å²) < 4.78 is 0. The summed E-state index contributed by atoms with van der Waals surface area (Å²) in [7, 11) is 0. The first-order valence-corrected chi connectivity index (χ1v) is 6.97. The molecule has 0 amide bonds. The van der Waals surface area contributed by atoms with Crippen molar-refractivity contribution in [2.75, 3.05) is 23.7 Å².